The van der Waals surface area contributed by atoms with Gasteiger partial charge >= 0.3 is 0 Å². The van der Waals surface area contributed by atoms with Crippen LogP contribution in [0.15, 0.2) is 67.0 Å². The van der Waals surface area contributed by atoms with Crippen LogP contribution >= 0.6 is 0 Å². The summed E-state index contributed by atoms with van der Waals surface area (Å²) in [4.78, 5) is 20.5. The molecule has 24 heavy (non-hydrogen) atoms. The topological polar surface area (TPSA) is 66.9 Å². The van der Waals surface area contributed by atoms with E-state index in [1.54, 1.807) is 6.20 Å². The van der Waals surface area contributed by atoms with Crippen LogP contribution in [-0.2, 0) is 6.54 Å². The Bertz CT molecular complexity index is 799. The smallest absolute Gasteiger partial charge is 0.275 e. The lowest BCUT2D eigenvalue weighted by Gasteiger charge is -2.07. The highest BCUT2D eigenvalue weighted by Crippen LogP contribution is 2.09. The first-order chi connectivity index (χ1) is 11.7. The van der Waals surface area contributed by atoms with Crippen LogP contribution in [0.2, 0.25) is 0 Å². The molecule has 2 N–H and O–H groups in total. The molecule has 0 aliphatic rings. The van der Waals surface area contributed by atoms with Crippen LogP contribution < -0.4 is 10.6 Å². The average Bonchev–Trinajstić information content (AvgIpc) is 2.62. The van der Waals surface area contributed by atoms with Gasteiger partial charge in [0, 0.05) is 12.2 Å². The van der Waals surface area contributed by atoms with E-state index in [2.05, 4.69) is 51.8 Å². The second-order valence-electron chi connectivity index (χ2n) is 5.45. The van der Waals surface area contributed by atoms with Crippen LogP contribution in [0.5, 0.6) is 0 Å². The lowest BCUT2D eigenvalue weighted by Crippen LogP contribution is -2.14. The Kier molecular flexibility index (Phi) is 4.81. The van der Waals surface area contributed by atoms with Crippen molar-refractivity contribution in [2.75, 3.05) is 10.6 Å². The first-order valence-corrected chi connectivity index (χ1v) is 7.68. The van der Waals surface area contributed by atoms with E-state index in [0.29, 0.717) is 12.4 Å². The van der Waals surface area contributed by atoms with Gasteiger partial charge in [-0.05, 0) is 24.6 Å². The molecule has 1 heterocycles. The number of benzene rings is 2. The highest BCUT2D eigenvalue weighted by atomic mass is 16.1. The van der Waals surface area contributed by atoms with Gasteiger partial charge in [0.1, 0.15) is 11.5 Å². The van der Waals surface area contributed by atoms with Crippen LogP contribution in [-0.4, -0.2) is 15.9 Å². The summed E-state index contributed by atoms with van der Waals surface area (Å²) in [6.07, 6.45) is 3.03. The van der Waals surface area contributed by atoms with Crippen molar-refractivity contribution in [3.63, 3.8) is 0 Å². The summed E-state index contributed by atoms with van der Waals surface area (Å²) in [5.74, 6) is 0.352. The summed E-state index contributed by atoms with van der Waals surface area (Å²) in [5.41, 5.74) is 3.39. The van der Waals surface area contributed by atoms with Crippen molar-refractivity contribution < 1.29 is 4.79 Å². The molecule has 1 aromatic heterocycles. The van der Waals surface area contributed by atoms with Gasteiger partial charge in [0.05, 0.1) is 12.4 Å². The number of aromatic nitrogens is 2. The Morgan fingerprint density at radius 2 is 1.71 bits per heavy atom. The summed E-state index contributed by atoms with van der Waals surface area (Å²) in [6.45, 7) is 2.71. The monoisotopic (exact) mass is 318 g/mol. The number of hydrogen-bond donors (Lipinski definition) is 2. The molecule has 0 aliphatic carbocycles. The van der Waals surface area contributed by atoms with Crippen molar-refractivity contribution in [1.29, 1.82) is 0 Å². The second-order valence-corrected chi connectivity index (χ2v) is 5.45. The molecule has 120 valence electrons. The zero-order valence-corrected chi connectivity index (χ0v) is 13.4. The fourth-order valence-corrected chi connectivity index (χ4v) is 2.15. The van der Waals surface area contributed by atoms with E-state index in [0.717, 1.165) is 11.3 Å². The first kappa shape index (κ1) is 15.7. The van der Waals surface area contributed by atoms with Crippen molar-refractivity contribution in [2.45, 2.75) is 13.5 Å². The SMILES string of the molecule is Cc1ccc(CNc2cnc(C(=O)Nc3ccccc3)cn2)cc1. The van der Waals surface area contributed by atoms with E-state index in [-0.39, 0.29) is 11.6 Å². The standard InChI is InChI=1S/C19H18N4O/c1-14-7-9-15(10-8-14)11-21-18-13-20-17(12-22-18)19(24)23-16-5-3-2-4-6-16/h2-10,12-13H,11H2,1H3,(H,21,22)(H,23,24). The third-order valence-electron chi connectivity index (χ3n) is 3.51. The molecule has 0 spiro atoms. The molecule has 3 rings (SSSR count). The van der Waals surface area contributed by atoms with E-state index >= 15 is 0 Å². The van der Waals surface area contributed by atoms with Gasteiger partial charge < -0.3 is 10.6 Å². The third-order valence-corrected chi connectivity index (χ3v) is 3.51. The number of anilines is 2. The molecule has 0 aliphatic heterocycles. The summed E-state index contributed by atoms with van der Waals surface area (Å²) < 4.78 is 0. The van der Waals surface area contributed by atoms with Crippen LogP contribution in [0.1, 0.15) is 21.6 Å². The van der Waals surface area contributed by atoms with Crippen LogP contribution in [0.3, 0.4) is 0 Å². The summed E-state index contributed by atoms with van der Waals surface area (Å²) >= 11 is 0. The number of aryl methyl sites for hydroxylation is 1. The first-order valence-electron chi connectivity index (χ1n) is 7.68. The molecule has 1 amide bonds. The van der Waals surface area contributed by atoms with Gasteiger partial charge in [-0.3, -0.25) is 4.79 Å². The molecule has 0 atom stereocenters. The second kappa shape index (κ2) is 7.37. The summed E-state index contributed by atoms with van der Waals surface area (Å²) in [7, 11) is 0. The predicted octanol–water partition coefficient (Wildman–Crippen LogP) is 3.65. The molecule has 0 bridgehead atoms. The minimum Gasteiger partial charge on any atom is -0.365 e. The quantitative estimate of drug-likeness (QED) is 0.753. The Labute approximate surface area is 140 Å². The molecule has 5 heteroatoms. The van der Waals surface area contributed by atoms with Gasteiger partial charge in [-0.2, -0.15) is 0 Å². The lowest BCUT2D eigenvalue weighted by molar-refractivity contribution is 0.102. The fourth-order valence-electron chi connectivity index (χ4n) is 2.15. The molecular formula is C19H18N4O. The maximum Gasteiger partial charge on any atom is 0.275 e. The molecule has 0 unspecified atom stereocenters. The Balaban J connectivity index is 1.58. The number of rotatable bonds is 5. The Hall–Kier alpha value is -3.21. The number of amides is 1. The van der Waals surface area contributed by atoms with E-state index < -0.39 is 0 Å². The van der Waals surface area contributed by atoms with Crippen molar-refractivity contribution >= 4 is 17.4 Å². The maximum absolute atomic E-state index is 12.1. The normalized spacial score (nSPS) is 10.2. The van der Waals surface area contributed by atoms with Gasteiger partial charge in [0.15, 0.2) is 0 Å². The van der Waals surface area contributed by atoms with Crippen molar-refractivity contribution in [3.8, 4) is 0 Å². The molecule has 0 saturated carbocycles. The van der Waals surface area contributed by atoms with E-state index in [4.69, 9.17) is 0 Å². The van der Waals surface area contributed by atoms with Gasteiger partial charge in [0.2, 0.25) is 0 Å². The van der Waals surface area contributed by atoms with Gasteiger partial charge in [-0.15, -0.1) is 0 Å². The molecule has 0 fully saturated rings. The molecule has 0 saturated heterocycles. The van der Waals surface area contributed by atoms with E-state index in [1.807, 2.05) is 30.3 Å². The van der Waals surface area contributed by atoms with E-state index in [9.17, 15) is 4.79 Å². The molecule has 3 aromatic rings. The van der Waals surface area contributed by atoms with Gasteiger partial charge in [-0.25, -0.2) is 9.97 Å². The van der Waals surface area contributed by atoms with Gasteiger partial charge in [-0.1, -0.05) is 48.0 Å². The highest BCUT2D eigenvalue weighted by molar-refractivity contribution is 6.02. The zero-order valence-electron chi connectivity index (χ0n) is 13.4. The van der Waals surface area contributed by atoms with Crippen LogP contribution in [0, 0.1) is 6.92 Å². The molecule has 0 radical (unpaired) electrons. The molecule has 2 aromatic carbocycles. The predicted molar refractivity (Wildman–Crippen MR) is 94.9 cm³/mol. The zero-order chi connectivity index (χ0) is 16.8. The number of carbonyl (C=O) groups excluding carboxylic acids is 1. The fraction of sp³-hybridized carbons (Fsp3) is 0.105. The number of nitrogens with zero attached hydrogens (tertiary/aromatic N) is 2. The van der Waals surface area contributed by atoms with Crippen LogP contribution in [0.4, 0.5) is 11.5 Å². The summed E-state index contributed by atoms with van der Waals surface area (Å²) in [5, 5.41) is 5.97. The molecular weight excluding hydrogens is 300 g/mol. The number of para-hydroxylation sites is 1. The van der Waals surface area contributed by atoms with Crippen molar-refractivity contribution in [3.05, 3.63) is 83.8 Å². The third kappa shape index (κ3) is 4.16. The summed E-state index contributed by atoms with van der Waals surface area (Å²) in [6, 6.07) is 17.5. The largest absolute Gasteiger partial charge is 0.365 e. The average molecular weight is 318 g/mol. The lowest BCUT2D eigenvalue weighted by atomic mass is 10.1. The Morgan fingerprint density at radius 3 is 2.38 bits per heavy atom. The van der Waals surface area contributed by atoms with Gasteiger partial charge in [0.25, 0.3) is 5.91 Å². The highest BCUT2D eigenvalue weighted by Gasteiger charge is 2.08. The molecule has 5 nitrogen and oxygen atoms in total. The number of hydrogen-bond acceptors (Lipinski definition) is 4. The van der Waals surface area contributed by atoms with Crippen molar-refractivity contribution in [1.82, 2.24) is 9.97 Å². The minimum atomic E-state index is -0.279. The van der Waals surface area contributed by atoms with E-state index in [1.165, 1.54) is 11.8 Å². The van der Waals surface area contributed by atoms with Crippen LogP contribution in [0.25, 0.3) is 0 Å². The maximum atomic E-state index is 12.1. The number of nitrogens with one attached hydrogen (secondary N) is 2. The minimum absolute atomic E-state index is 0.278. The number of carbonyl (C=O) groups is 1. The Morgan fingerprint density at radius 1 is 0.958 bits per heavy atom. The van der Waals surface area contributed by atoms with Crippen molar-refractivity contribution in [2.24, 2.45) is 0 Å².